The van der Waals surface area contributed by atoms with Crippen molar-refractivity contribution < 1.29 is 0 Å². The van der Waals surface area contributed by atoms with Crippen LogP contribution < -0.4 is 0 Å². The van der Waals surface area contributed by atoms with Crippen LogP contribution in [0.1, 0.15) is 24.3 Å². The highest BCUT2D eigenvalue weighted by molar-refractivity contribution is 5.90. The van der Waals surface area contributed by atoms with Crippen LogP contribution in [-0.2, 0) is 0 Å². The van der Waals surface area contributed by atoms with Crippen LogP contribution in [-0.4, -0.2) is 30.0 Å². The van der Waals surface area contributed by atoms with E-state index in [9.17, 15) is 0 Å². The van der Waals surface area contributed by atoms with E-state index in [2.05, 4.69) is 59.4 Å². The first-order valence-electron chi connectivity index (χ1n) is 8.43. The van der Waals surface area contributed by atoms with Crippen LogP contribution in [0.2, 0.25) is 0 Å². The number of hydrogen-bond donors (Lipinski definition) is 0. The lowest BCUT2D eigenvalue weighted by Crippen LogP contribution is -2.29. The molecule has 4 rings (SSSR count). The summed E-state index contributed by atoms with van der Waals surface area (Å²) in [4.78, 5) is 6.69. The zero-order valence-electron chi connectivity index (χ0n) is 13.6. The number of aromatic nitrogens is 1. The lowest BCUT2D eigenvalue weighted by Gasteiger charge is -2.30. The van der Waals surface area contributed by atoms with Gasteiger partial charge in [0.05, 0.1) is 0 Å². The number of hydrogen-bond acceptors (Lipinski definition) is 2. The molecule has 0 N–H and O–H groups in total. The Labute approximate surface area is 137 Å². The van der Waals surface area contributed by atoms with E-state index in [1.165, 1.54) is 53.4 Å². The molecule has 1 saturated heterocycles. The van der Waals surface area contributed by atoms with Gasteiger partial charge in [-0.05, 0) is 72.9 Å². The first kappa shape index (κ1) is 14.4. The largest absolute Gasteiger partial charge is 0.306 e. The fourth-order valence-corrected chi connectivity index (χ4v) is 3.69. The maximum absolute atomic E-state index is 4.26. The first-order chi connectivity index (χ1) is 11.3. The number of likely N-dealkylation sites (tertiary alicyclic amines) is 1. The van der Waals surface area contributed by atoms with Gasteiger partial charge in [0, 0.05) is 18.0 Å². The van der Waals surface area contributed by atoms with Crippen LogP contribution in [0.4, 0.5) is 0 Å². The zero-order valence-corrected chi connectivity index (χ0v) is 13.6. The third-order valence-electron chi connectivity index (χ3n) is 5.07. The van der Waals surface area contributed by atoms with E-state index >= 15 is 0 Å². The number of benzene rings is 2. The molecule has 1 aliphatic rings. The van der Waals surface area contributed by atoms with E-state index in [1.807, 2.05) is 18.5 Å². The molecule has 1 fully saturated rings. The molecule has 0 amide bonds. The molecule has 0 bridgehead atoms. The topological polar surface area (TPSA) is 16.1 Å². The van der Waals surface area contributed by atoms with Crippen molar-refractivity contribution in [2.24, 2.45) is 0 Å². The normalized spacial score (nSPS) is 16.7. The Morgan fingerprint density at radius 2 is 1.83 bits per heavy atom. The first-order valence-corrected chi connectivity index (χ1v) is 8.43. The highest BCUT2D eigenvalue weighted by Gasteiger charge is 2.20. The molecule has 3 aromatic rings. The molecule has 0 atom stereocenters. The standard InChI is InChI=1S/C21H22N2/c1-23-12-9-17(10-13-23)20-6-2-4-16-7-8-18(14-21(16)20)19-5-3-11-22-15-19/h2-8,11,14-15,17H,9-10,12-13H2,1H3. The van der Waals surface area contributed by atoms with E-state index in [1.54, 1.807) is 0 Å². The minimum Gasteiger partial charge on any atom is -0.306 e. The molecule has 23 heavy (non-hydrogen) atoms. The van der Waals surface area contributed by atoms with Gasteiger partial charge in [-0.25, -0.2) is 0 Å². The van der Waals surface area contributed by atoms with E-state index < -0.39 is 0 Å². The third-order valence-corrected chi connectivity index (χ3v) is 5.07. The molecule has 0 radical (unpaired) electrons. The molecule has 1 aliphatic heterocycles. The van der Waals surface area contributed by atoms with Crippen LogP contribution >= 0.6 is 0 Å². The smallest absolute Gasteiger partial charge is 0.0346 e. The lowest BCUT2D eigenvalue weighted by atomic mass is 9.86. The quantitative estimate of drug-likeness (QED) is 0.681. The summed E-state index contributed by atoms with van der Waals surface area (Å²) in [6.45, 7) is 2.40. The van der Waals surface area contributed by atoms with Crippen molar-refractivity contribution in [1.29, 1.82) is 0 Å². The van der Waals surface area contributed by atoms with E-state index in [0.29, 0.717) is 5.92 Å². The van der Waals surface area contributed by atoms with Gasteiger partial charge in [0.1, 0.15) is 0 Å². The molecule has 0 aliphatic carbocycles. The second kappa shape index (κ2) is 6.13. The summed E-state index contributed by atoms with van der Waals surface area (Å²) in [5, 5.41) is 2.75. The molecule has 0 spiro atoms. The van der Waals surface area contributed by atoms with Gasteiger partial charge in [0.15, 0.2) is 0 Å². The Morgan fingerprint density at radius 3 is 2.61 bits per heavy atom. The summed E-state index contributed by atoms with van der Waals surface area (Å²) in [6, 6.07) is 17.7. The average Bonchev–Trinajstić information content (AvgIpc) is 2.62. The summed E-state index contributed by atoms with van der Waals surface area (Å²) < 4.78 is 0. The lowest BCUT2D eigenvalue weighted by molar-refractivity contribution is 0.256. The summed E-state index contributed by atoms with van der Waals surface area (Å²) in [7, 11) is 2.22. The van der Waals surface area contributed by atoms with E-state index in [4.69, 9.17) is 0 Å². The van der Waals surface area contributed by atoms with Crippen LogP contribution in [0.5, 0.6) is 0 Å². The number of fused-ring (bicyclic) bond motifs is 1. The van der Waals surface area contributed by atoms with Crippen molar-refractivity contribution in [2.75, 3.05) is 20.1 Å². The van der Waals surface area contributed by atoms with E-state index in [-0.39, 0.29) is 0 Å². The minimum absolute atomic E-state index is 0.680. The second-order valence-electron chi connectivity index (χ2n) is 6.60. The van der Waals surface area contributed by atoms with Gasteiger partial charge in [-0.1, -0.05) is 36.4 Å². The molecule has 2 heteroatoms. The van der Waals surface area contributed by atoms with Gasteiger partial charge >= 0.3 is 0 Å². The molecule has 2 aromatic carbocycles. The molecule has 2 nitrogen and oxygen atoms in total. The molecule has 116 valence electrons. The fourth-order valence-electron chi connectivity index (χ4n) is 3.69. The average molecular weight is 302 g/mol. The van der Waals surface area contributed by atoms with Crippen molar-refractivity contribution in [2.45, 2.75) is 18.8 Å². The van der Waals surface area contributed by atoms with Gasteiger partial charge in [-0.2, -0.15) is 0 Å². The SMILES string of the molecule is CN1CCC(c2cccc3ccc(-c4cccnc4)cc23)CC1. The number of rotatable bonds is 2. The Bertz CT molecular complexity index is 802. The van der Waals surface area contributed by atoms with Gasteiger partial charge in [0.25, 0.3) is 0 Å². The van der Waals surface area contributed by atoms with Crippen LogP contribution in [0.15, 0.2) is 60.9 Å². The Hall–Kier alpha value is -2.19. The van der Waals surface area contributed by atoms with E-state index in [0.717, 1.165) is 0 Å². The highest BCUT2D eigenvalue weighted by atomic mass is 15.1. The Kier molecular flexibility index (Phi) is 3.84. The number of nitrogens with zero attached hydrogens (tertiary/aromatic N) is 2. The van der Waals surface area contributed by atoms with Crippen molar-refractivity contribution in [3.63, 3.8) is 0 Å². The van der Waals surface area contributed by atoms with Gasteiger partial charge < -0.3 is 4.90 Å². The van der Waals surface area contributed by atoms with Crippen molar-refractivity contribution in [3.8, 4) is 11.1 Å². The second-order valence-corrected chi connectivity index (χ2v) is 6.60. The molecule has 0 saturated carbocycles. The third kappa shape index (κ3) is 2.87. The van der Waals surface area contributed by atoms with Crippen molar-refractivity contribution >= 4 is 10.8 Å². The number of pyridine rings is 1. The summed E-state index contributed by atoms with van der Waals surface area (Å²) in [6.07, 6.45) is 6.29. The fraction of sp³-hybridized carbons (Fsp3) is 0.286. The molecular formula is C21H22N2. The van der Waals surface area contributed by atoms with Crippen LogP contribution in [0.3, 0.4) is 0 Å². The summed E-state index contributed by atoms with van der Waals surface area (Å²) in [5.41, 5.74) is 3.96. The van der Waals surface area contributed by atoms with Crippen LogP contribution in [0, 0.1) is 0 Å². The molecule has 1 aromatic heterocycles. The molecular weight excluding hydrogens is 280 g/mol. The molecule has 0 unspecified atom stereocenters. The molecule has 2 heterocycles. The Balaban J connectivity index is 1.79. The maximum atomic E-state index is 4.26. The monoisotopic (exact) mass is 302 g/mol. The highest BCUT2D eigenvalue weighted by Crippen LogP contribution is 2.34. The minimum atomic E-state index is 0.680. The zero-order chi connectivity index (χ0) is 15.6. The maximum Gasteiger partial charge on any atom is 0.0346 e. The summed E-state index contributed by atoms with van der Waals surface area (Å²) in [5.74, 6) is 0.680. The van der Waals surface area contributed by atoms with Gasteiger partial charge in [-0.15, -0.1) is 0 Å². The van der Waals surface area contributed by atoms with Crippen molar-refractivity contribution in [3.05, 3.63) is 66.5 Å². The predicted octanol–water partition coefficient (Wildman–Crippen LogP) is 4.71. The van der Waals surface area contributed by atoms with Gasteiger partial charge in [0.2, 0.25) is 0 Å². The van der Waals surface area contributed by atoms with Gasteiger partial charge in [-0.3, -0.25) is 4.98 Å². The van der Waals surface area contributed by atoms with Crippen molar-refractivity contribution in [1.82, 2.24) is 9.88 Å². The Morgan fingerprint density at radius 1 is 0.957 bits per heavy atom. The number of piperidine rings is 1. The summed E-state index contributed by atoms with van der Waals surface area (Å²) >= 11 is 0. The van der Waals surface area contributed by atoms with Crippen LogP contribution in [0.25, 0.3) is 21.9 Å². The predicted molar refractivity (Wildman–Crippen MR) is 96.7 cm³/mol.